The molecule has 0 unspecified atom stereocenters. The summed E-state index contributed by atoms with van der Waals surface area (Å²) in [5, 5.41) is 5.57. The molecule has 2 N–H and O–H groups in total. The lowest BCUT2D eigenvalue weighted by Crippen LogP contribution is -2.28. The highest BCUT2D eigenvalue weighted by Crippen LogP contribution is 1.82. The molecular weight excluding hydrogens is 224 g/mol. The molecule has 1 amide bonds. The molecule has 0 aromatic heterocycles. The Morgan fingerprint density at radius 2 is 1.65 bits per heavy atom. The van der Waals surface area contributed by atoms with E-state index in [0.29, 0.717) is 39.6 Å². The minimum atomic E-state index is -0.388. The first-order chi connectivity index (χ1) is 8.31. The zero-order chi connectivity index (χ0) is 12.8. The van der Waals surface area contributed by atoms with Crippen LogP contribution in [0.25, 0.3) is 0 Å². The van der Waals surface area contributed by atoms with Crippen LogP contribution in [-0.2, 0) is 14.2 Å². The smallest absolute Gasteiger partial charge is 0.407 e. The Morgan fingerprint density at radius 3 is 2.24 bits per heavy atom. The molecule has 0 saturated heterocycles. The number of alkyl carbamates (subject to hydrolysis) is 1. The van der Waals surface area contributed by atoms with Gasteiger partial charge in [-0.05, 0) is 13.5 Å². The van der Waals surface area contributed by atoms with E-state index in [1.54, 1.807) is 0 Å². The van der Waals surface area contributed by atoms with Crippen molar-refractivity contribution in [1.29, 1.82) is 0 Å². The van der Waals surface area contributed by atoms with E-state index in [9.17, 15) is 4.79 Å². The SMILES string of the molecule is CCCOC(=O)NCCOCCOCCNC. The fraction of sp³-hybridized carbons (Fsp3) is 0.909. The Hall–Kier alpha value is -0.850. The minimum Gasteiger partial charge on any atom is -0.450 e. The lowest BCUT2D eigenvalue weighted by molar-refractivity contribution is 0.0498. The number of hydrogen-bond acceptors (Lipinski definition) is 5. The van der Waals surface area contributed by atoms with Crippen LogP contribution in [0.2, 0.25) is 0 Å². The molecule has 0 aromatic rings. The first-order valence-electron chi connectivity index (χ1n) is 6.02. The molecule has 0 radical (unpaired) electrons. The standard InChI is InChI=1S/C11H24N2O4/c1-3-6-17-11(14)13-5-8-16-10-9-15-7-4-12-2/h12H,3-10H2,1-2H3,(H,13,14). The minimum absolute atomic E-state index is 0.388. The van der Waals surface area contributed by atoms with Crippen molar-refractivity contribution >= 4 is 6.09 Å². The average Bonchev–Trinajstić information content (AvgIpc) is 2.34. The van der Waals surface area contributed by atoms with Crippen LogP contribution in [0.4, 0.5) is 4.79 Å². The molecule has 0 aliphatic rings. The van der Waals surface area contributed by atoms with E-state index in [1.165, 1.54) is 0 Å². The fourth-order valence-electron chi connectivity index (χ4n) is 0.967. The van der Waals surface area contributed by atoms with E-state index in [4.69, 9.17) is 14.2 Å². The summed E-state index contributed by atoms with van der Waals surface area (Å²) in [7, 11) is 1.88. The summed E-state index contributed by atoms with van der Waals surface area (Å²) in [4.78, 5) is 11.0. The Labute approximate surface area is 103 Å². The van der Waals surface area contributed by atoms with E-state index in [0.717, 1.165) is 13.0 Å². The second-order valence-corrected chi connectivity index (χ2v) is 3.39. The molecule has 0 rings (SSSR count). The lowest BCUT2D eigenvalue weighted by atomic mass is 10.5. The number of carbonyl (C=O) groups excluding carboxylic acids is 1. The fourth-order valence-corrected chi connectivity index (χ4v) is 0.967. The quantitative estimate of drug-likeness (QED) is 0.517. The van der Waals surface area contributed by atoms with Gasteiger partial charge in [0.05, 0.1) is 33.0 Å². The van der Waals surface area contributed by atoms with Gasteiger partial charge in [0.1, 0.15) is 0 Å². The number of nitrogens with one attached hydrogen (secondary N) is 2. The normalized spacial score (nSPS) is 10.2. The van der Waals surface area contributed by atoms with Gasteiger partial charge >= 0.3 is 6.09 Å². The van der Waals surface area contributed by atoms with Crippen LogP contribution in [0, 0.1) is 0 Å². The van der Waals surface area contributed by atoms with Gasteiger partial charge in [0.15, 0.2) is 0 Å². The van der Waals surface area contributed by atoms with Crippen LogP contribution in [0.3, 0.4) is 0 Å². The van der Waals surface area contributed by atoms with Gasteiger partial charge in [0.2, 0.25) is 0 Å². The van der Waals surface area contributed by atoms with Crippen molar-refractivity contribution in [1.82, 2.24) is 10.6 Å². The highest BCUT2D eigenvalue weighted by atomic mass is 16.5. The molecule has 0 heterocycles. The van der Waals surface area contributed by atoms with Crippen LogP contribution >= 0.6 is 0 Å². The van der Waals surface area contributed by atoms with Crippen LogP contribution in [0.5, 0.6) is 0 Å². The summed E-state index contributed by atoms with van der Waals surface area (Å²) in [5.74, 6) is 0. The van der Waals surface area contributed by atoms with Gasteiger partial charge in [-0.25, -0.2) is 4.79 Å². The zero-order valence-corrected chi connectivity index (χ0v) is 10.8. The lowest BCUT2D eigenvalue weighted by Gasteiger charge is -2.07. The van der Waals surface area contributed by atoms with Crippen molar-refractivity contribution < 1.29 is 19.0 Å². The Balaban J connectivity index is 3.05. The van der Waals surface area contributed by atoms with Crippen molar-refractivity contribution in [3.05, 3.63) is 0 Å². The van der Waals surface area contributed by atoms with Crippen LogP contribution in [-0.4, -0.2) is 59.3 Å². The van der Waals surface area contributed by atoms with Crippen LogP contribution in [0.15, 0.2) is 0 Å². The largest absolute Gasteiger partial charge is 0.450 e. The van der Waals surface area contributed by atoms with Gasteiger partial charge < -0.3 is 24.8 Å². The Bertz CT molecular complexity index is 179. The van der Waals surface area contributed by atoms with Gasteiger partial charge in [-0.15, -0.1) is 0 Å². The number of rotatable bonds is 11. The van der Waals surface area contributed by atoms with E-state index in [1.807, 2.05) is 14.0 Å². The molecule has 0 spiro atoms. The molecule has 6 nitrogen and oxygen atoms in total. The summed E-state index contributed by atoms with van der Waals surface area (Å²) in [6.45, 7) is 5.95. The van der Waals surface area contributed by atoms with Crippen molar-refractivity contribution in [2.45, 2.75) is 13.3 Å². The first kappa shape index (κ1) is 16.1. The second kappa shape index (κ2) is 13.2. The summed E-state index contributed by atoms with van der Waals surface area (Å²) < 4.78 is 15.3. The molecule has 0 atom stereocenters. The summed E-state index contributed by atoms with van der Waals surface area (Å²) >= 11 is 0. The Kier molecular flexibility index (Phi) is 12.6. The highest BCUT2D eigenvalue weighted by Gasteiger charge is 1.98. The van der Waals surface area contributed by atoms with Gasteiger partial charge in [0, 0.05) is 13.1 Å². The predicted octanol–water partition coefficient (Wildman–Crippen LogP) is 0.375. The van der Waals surface area contributed by atoms with Crippen molar-refractivity contribution in [2.24, 2.45) is 0 Å². The summed E-state index contributed by atoms with van der Waals surface area (Å²) in [6, 6.07) is 0. The second-order valence-electron chi connectivity index (χ2n) is 3.39. The molecule has 0 aromatic carbocycles. The number of likely N-dealkylation sites (N-methyl/N-ethyl adjacent to an activating group) is 1. The van der Waals surface area contributed by atoms with Crippen LogP contribution in [0.1, 0.15) is 13.3 Å². The van der Waals surface area contributed by atoms with Gasteiger partial charge in [0.25, 0.3) is 0 Å². The highest BCUT2D eigenvalue weighted by molar-refractivity contribution is 5.66. The average molecular weight is 248 g/mol. The van der Waals surface area contributed by atoms with Gasteiger partial charge in [-0.3, -0.25) is 0 Å². The third-order valence-electron chi connectivity index (χ3n) is 1.82. The van der Waals surface area contributed by atoms with E-state index < -0.39 is 0 Å². The monoisotopic (exact) mass is 248 g/mol. The number of carbonyl (C=O) groups is 1. The third kappa shape index (κ3) is 13.1. The van der Waals surface area contributed by atoms with Crippen molar-refractivity contribution in [3.8, 4) is 0 Å². The maximum absolute atomic E-state index is 11.0. The molecule has 17 heavy (non-hydrogen) atoms. The maximum Gasteiger partial charge on any atom is 0.407 e. The van der Waals surface area contributed by atoms with Gasteiger partial charge in [-0.1, -0.05) is 6.92 Å². The zero-order valence-electron chi connectivity index (χ0n) is 10.8. The Morgan fingerprint density at radius 1 is 1.00 bits per heavy atom. The van der Waals surface area contributed by atoms with Crippen molar-refractivity contribution in [3.63, 3.8) is 0 Å². The first-order valence-corrected chi connectivity index (χ1v) is 6.02. The summed E-state index contributed by atoms with van der Waals surface area (Å²) in [6.07, 6.45) is 0.439. The number of amides is 1. The van der Waals surface area contributed by atoms with E-state index >= 15 is 0 Å². The third-order valence-corrected chi connectivity index (χ3v) is 1.82. The molecule has 6 heteroatoms. The molecular formula is C11H24N2O4. The molecule has 102 valence electrons. The van der Waals surface area contributed by atoms with Crippen molar-refractivity contribution in [2.75, 3.05) is 53.2 Å². The van der Waals surface area contributed by atoms with Crippen LogP contribution < -0.4 is 10.6 Å². The van der Waals surface area contributed by atoms with E-state index in [-0.39, 0.29) is 6.09 Å². The number of hydrogen-bond donors (Lipinski definition) is 2. The molecule has 0 saturated carbocycles. The van der Waals surface area contributed by atoms with E-state index in [2.05, 4.69) is 10.6 Å². The number of ether oxygens (including phenoxy) is 3. The molecule has 0 bridgehead atoms. The molecule has 0 aliphatic carbocycles. The maximum atomic E-state index is 11.0. The predicted molar refractivity (Wildman–Crippen MR) is 65.2 cm³/mol. The molecule has 0 fully saturated rings. The van der Waals surface area contributed by atoms with Gasteiger partial charge in [-0.2, -0.15) is 0 Å². The molecule has 0 aliphatic heterocycles. The summed E-state index contributed by atoms with van der Waals surface area (Å²) in [5.41, 5.74) is 0. The topological polar surface area (TPSA) is 68.8 Å².